The van der Waals surface area contributed by atoms with Crippen molar-refractivity contribution >= 4 is 0 Å². The molecule has 20 heavy (non-hydrogen) atoms. The van der Waals surface area contributed by atoms with Crippen LogP contribution in [0.5, 0.6) is 5.88 Å². The second-order valence-corrected chi connectivity index (χ2v) is 5.48. The number of hydrogen-bond acceptors (Lipinski definition) is 5. The molecule has 1 unspecified atom stereocenters. The fraction of sp³-hybridized carbons (Fsp3) is 0.714. The van der Waals surface area contributed by atoms with Gasteiger partial charge in [0.25, 0.3) is 5.88 Å². The summed E-state index contributed by atoms with van der Waals surface area (Å²) in [4.78, 5) is 7.82. The van der Waals surface area contributed by atoms with E-state index in [2.05, 4.69) is 15.3 Å². The van der Waals surface area contributed by atoms with E-state index in [0.717, 1.165) is 32.4 Å². The third-order valence-electron chi connectivity index (χ3n) is 4.13. The molecule has 1 aromatic rings. The lowest BCUT2D eigenvalue weighted by Gasteiger charge is -2.32. The Hall–Kier alpha value is -1.27. The van der Waals surface area contributed by atoms with Gasteiger partial charge in [0.15, 0.2) is 0 Å². The average molecular weight is 281 g/mol. The molecule has 3 rings (SSSR count). The lowest BCUT2D eigenvalue weighted by molar-refractivity contribution is -0.0206. The fourth-order valence-corrected chi connectivity index (χ4v) is 2.98. The Kier molecular flexibility index (Phi) is 3.85. The van der Waals surface area contributed by atoms with Gasteiger partial charge in [0.1, 0.15) is 12.4 Å². The highest BCUT2D eigenvalue weighted by molar-refractivity contribution is 5.17. The summed E-state index contributed by atoms with van der Waals surface area (Å²) in [5.74, 6) is -0.391. The minimum absolute atomic E-state index is 0.0523. The van der Waals surface area contributed by atoms with Crippen LogP contribution in [0, 0.1) is 5.82 Å². The summed E-state index contributed by atoms with van der Waals surface area (Å²) in [6.07, 6.45) is 4.54. The van der Waals surface area contributed by atoms with Gasteiger partial charge in [-0.1, -0.05) is 6.92 Å². The van der Waals surface area contributed by atoms with Crippen LogP contribution in [-0.2, 0) is 11.2 Å². The zero-order chi connectivity index (χ0) is 14.0. The van der Waals surface area contributed by atoms with Crippen molar-refractivity contribution in [1.82, 2.24) is 15.3 Å². The standard InChI is InChI=1S/C14H20FN3O2/c1-2-11-12(15)13(18-9-17-11)20-10-7-14(19-8-10)3-5-16-6-4-14/h9-10,16H,2-8H2,1H3. The Balaban J connectivity index is 1.67. The van der Waals surface area contributed by atoms with Gasteiger partial charge >= 0.3 is 0 Å². The summed E-state index contributed by atoms with van der Waals surface area (Å²) in [7, 11) is 0. The van der Waals surface area contributed by atoms with Crippen molar-refractivity contribution in [3.05, 3.63) is 17.8 Å². The van der Waals surface area contributed by atoms with Gasteiger partial charge in [0.2, 0.25) is 5.82 Å². The fourth-order valence-electron chi connectivity index (χ4n) is 2.98. The molecule has 2 aliphatic heterocycles. The van der Waals surface area contributed by atoms with Gasteiger partial charge in [0.05, 0.1) is 17.9 Å². The van der Waals surface area contributed by atoms with E-state index in [1.807, 2.05) is 6.92 Å². The van der Waals surface area contributed by atoms with E-state index in [1.165, 1.54) is 6.33 Å². The predicted molar refractivity (Wildman–Crippen MR) is 71.2 cm³/mol. The maximum atomic E-state index is 14.1. The van der Waals surface area contributed by atoms with Crippen LogP contribution in [0.4, 0.5) is 4.39 Å². The van der Waals surface area contributed by atoms with Crippen molar-refractivity contribution in [2.45, 2.75) is 44.3 Å². The van der Waals surface area contributed by atoms with Crippen LogP contribution < -0.4 is 10.1 Å². The topological polar surface area (TPSA) is 56.3 Å². The van der Waals surface area contributed by atoms with Crippen LogP contribution in [0.1, 0.15) is 31.9 Å². The summed E-state index contributed by atoms with van der Waals surface area (Å²) < 4.78 is 25.7. The molecule has 2 saturated heterocycles. The molecule has 1 atom stereocenters. The smallest absolute Gasteiger partial charge is 0.254 e. The van der Waals surface area contributed by atoms with Gasteiger partial charge in [-0.15, -0.1) is 0 Å². The Morgan fingerprint density at radius 1 is 1.45 bits per heavy atom. The van der Waals surface area contributed by atoms with Crippen molar-refractivity contribution in [2.75, 3.05) is 19.7 Å². The summed E-state index contributed by atoms with van der Waals surface area (Å²) >= 11 is 0. The first-order valence-electron chi connectivity index (χ1n) is 7.23. The maximum absolute atomic E-state index is 14.1. The molecular weight excluding hydrogens is 261 g/mol. The number of nitrogens with zero attached hydrogens (tertiary/aromatic N) is 2. The van der Waals surface area contributed by atoms with E-state index in [9.17, 15) is 4.39 Å². The molecule has 6 heteroatoms. The van der Waals surface area contributed by atoms with Crippen LogP contribution in [0.2, 0.25) is 0 Å². The lowest BCUT2D eigenvalue weighted by Crippen LogP contribution is -2.41. The summed E-state index contributed by atoms with van der Waals surface area (Å²) in [6.45, 7) is 4.30. The minimum atomic E-state index is -0.443. The summed E-state index contributed by atoms with van der Waals surface area (Å²) in [6, 6.07) is 0. The molecule has 0 saturated carbocycles. The molecule has 5 nitrogen and oxygen atoms in total. The largest absolute Gasteiger partial charge is 0.470 e. The summed E-state index contributed by atoms with van der Waals surface area (Å²) in [5.41, 5.74) is 0.304. The van der Waals surface area contributed by atoms with Crippen LogP contribution in [0.3, 0.4) is 0 Å². The molecule has 1 spiro atoms. The predicted octanol–water partition coefficient (Wildman–Crippen LogP) is 1.47. The first-order chi connectivity index (χ1) is 9.72. The maximum Gasteiger partial charge on any atom is 0.254 e. The molecule has 2 aliphatic rings. The number of hydrogen-bond donors (Lipinski definition) is 1. The monoisotopic (exact) mass is 281 g/mol. The Labute approximate surface area is 117 Å². The summed E-state index contributed by atoms with van der Waals surface area (Å²) in [5, 5.41) is 3.32. The van der Waals surface area contributed by atoms with E-state index in [-0.39, 0.29) is 17.6 Å². The van der Waals surface area contributed by atoms with E-state index in [0.29, 0.717) is 18.7 Å². The van der Waals surface area contributed by atoms with Crippen molar-refractivity contribution in [2.24, 2.45) is 0 Å². The number of aryl methyl sites for hydroxylation is 1. The Morgan fingerprint density at radius 2 is 2.25 bits per heavy atom. The van der Waals surface area contributed by atoms with Crippen molar-refractivity contribution < 1.29 is 13.9 Å². The van der Waals surface area contributed by atoms with Gasteiger partial charge in [-0.2, -0.15) is 9.37 Å². The zero-order valence-corrected chi connectivity index (χ0v) is 11.7. The Morgan fingerprint density at radius 3 is 3.00 bits per heavy atom. The molecule has 1 N–H and O–H groups in total. The molecular formula is C14H20FN3O2. The molecule has 0 amide bonds. The highest BCUT2D eigenvalue weighted by Crippen LogP contribution is 2.35. The number of aromatic nitrogens is 2. The van der Waals surface area contributed by atoms with E-state index >= 15 is 0 Å². The Bertz CT molecular complexity index is 477. The second-order valence-electron chi connectivity index (χ2n) is 5.48. The van der Waals surface area contributed by atoms with Crippen LogP contribution >= 0.6 is 0 Å². The molecule has 0 aliphatic carbocycles. The van der Waals surface area contributed by atoms with Gasteiger partial charge in [-0.05, 0) is 32.4 Å². The number of ether oxygens (including phenoxy) is 2. The molecule has 0 aromatic carbocycles. The van der Waals surface area contributed by atoms with Gasteiger partial charge < -0.3 is 14.8 Å². The zero-order valence-electron chi connectivity index (χ0n) is 11.7. The second kappa shape index (κ2) is 5.61. The van der Waals surface area contributed by atoms with Gasteiger partial charge in [-0.3, -0.25) is 0 Å². The molecule has 110 valence electrons. The van der Waals surface area contributed by atoms with Crippen LogP contribution in [0.15, 0.2) is 6.33 Å². The van der Waals surface area contributed by atoms with Gasteiger partial charge in [-0.25, -0.2) is 4.98 Å². The van der Waals surface area contributed by atoms with Crippen molar-refractivity contribution in [1.29, 1.82) is 0 Å². The van der Waals surface area contributed by atoms with E-state index < -0.39 is 5.82 Å². The minimum Gasteiger partial charge on any atom is -0.470 e. The lowest BCUT2D eigenvalue weighted by atomic mass is 9.89. The average Bonchev–Trinajstić information content (AvgIpc) is 2.84. The molecule has 3 heterocycles. The number of piperidine rings is 1. The molecule has 1 aromatic heterocycles. The SMILES string of the molecule is CCc1ncnc(OC2COC3(CCNCC3)C2)c1F. The molecule has 0 radical (unpaired) electrons. The van der Waals surface area contributed by atoms with E-state index in [4.69, 9.17) is 9.47 Å². The van der Waals surface area contributed by atoms with Crippen LogP contribution in [-0.4, -0.2) is 41.4 Å². The highest BCUT2D eigenvalue weighted by atomic mass is 19.1. The number of nitrogens with one attached hydrogen (secondary N) is 1. The van der Waals surface area contributed by atoms with Crippen LogP contribution in [0.25, 0.3) is 0 Å². The van der Waals surface area contributed by atoms with Crippen molar-refractivity contribution in [3.63, 3.8) is 0 Å². The quantitative estimate of drug-likeness (QED) is 0.909. The normalized spacial score (nSPS) is 25.0. The number of halogens is 1. The van der Waals surface area contributed by atoms with Crippen molar-refractivity contribution in [3.8, 4) is 5.88 Å². The first kappa shape index (κ1) is 13.7. The molecule has 2 fully saturated rings. The number of rotatable bonds is 3. The third-order valence-corrected chi connectivity index (χ3v) is 4.13. The van der Waals surface area contributed by atoms with E-state index in [1.54, 1.807) is 0 Å². The van der Waals surface area contributed by atoms with Gasteiger partial charge in [0, 0.05) is 6.42 Å². The highest BCUT2D eigenvalue weighted by Gasteiger charge is 2.42. The third kappa shape index (κ3) is 2.62. The molecule has 0 bridgehead atoms. The first-order valence-corrected chi connectivity index (χ1v) is 7.23.